The van der Waals surface area contributed by atoms with Gasteiger partial charge in [-0.15, -0.1) is 5.10 Å². The van der Waals surface area contributed by atoms with Gasteiger partial charge in [0, 0.05) is 12.5 Å². The zero-order chi connectivity index (χ0) is 22.9. The van der Waals surface area contributed by atoms with E-state index in [0.717, 1.165) is 25.7 Å². The Hall–Kier alpha value is -2.97. The van der Waals surface area contributed by atoms with E-state index in [2.05, 4.69) is 22.2 Å². The molecule has 9 nitrogen and oxygen atoms in total. The van der Waals surface area contributed by atoms with E-state index in [1.165, 1.54) is 0 Å². The predicted molar refractivity (Wildman–Crippen MR) is 115 cm³/mol. The Balaban J connectivity index is 1.45. The predicted octanol–water partition coefficient (Wildman–Crippen LogP) is 3.09. The first-order chi connectivity index (χ1) is 15.2. The Kier molecular flexibility index (Phi) is 6.17. The number of rotatable bonds is 8. The number of hydrogen-bond donors (Lipinski definition) is 1. The lowest BCUT2D eigenvalue weighted by Gasteiger charge is -2.27. The van der Waals surface area contributed by atoms with E-state index >= 15 is 0 Å². The Labute approximate surface area is 187 Å². The quantitative estimate of drug-likeness (QED) is 0.620. The molecule has 4 rings (SSSR count). The molecule has 1 N–H and O–H groups in total. The highest BCUT2D eigenvalue weighted by Crippen LogP contribution is 2.45. The summed E-state index contributed by atoms with van der Waals surface area (Å²) in [6.45, 7) is 4.40. The van der Waals surface area contributed by atoms with Crippen molar-refractivity contribution in [1.29, 1.82) is 0 Å². The van der Waals surface area contributed by atoms with E-state index in [1.807, 2.05) is 13.0 Å². The van der Waals surface area contributed by atoms with Crippen molar-refractivity contribution in [2.24, 2.45) is 18.4 Å². The van der Waals surface area contributed by atoms with Gasteiger partial charge in [-0.2, -0.15) is 0 Å². The minimum atomic E-state index is -0.761. The van der Waals surface area contributed by atoms with Crippen LogP contribution in [0.5, 0.6) is 5.75 Å². The van der Waals surface area contributed by atoms with E-state index in [9.17, 15) is 14.7 Å². The Morgan fingerprint density at radius 2 is 2.06 bits per heavy atom. The molecule has 2 heterocycles. The van der Waals surface area contributed by atoms with Crippen LogP contribution in [0, 0.1) is 18.3 Å². The number of hydrogen-bond acceptors (Lipinski definition) is 7. The van der Waals surface area contributed by atoms with E-state index in [-0.39, 0.29) is 29.8 Å². The van der Waals surface area contributed by atoms with Crippen LogP contribution in [0.4, 0.5) is 0 Å². The fourth-order valence-electron chi connectivity index (χ4n) is 4.03. The van der Waals surface area contributed by atoms with Crippen LogP contribution in [-0.4, -0.2) is 49.7 Å². The van der Waals surface area contributed by atoms with Gasteiger partial charge >= 0.3 is 11.9 Å². The normalized spacial score (nSPS) is 21.7. The molecule has 0 bridgehead atoms. The van der Waals surface area contributed by atoms with Crippen molar-refractivity contribution in [2.75, 3.05) is 6.61 Å². The highest BCUT2D eigenvalue weighted by molar-refractivity contribution is 5.75. The van der Waals surface area contributed by atoms with E-state index in [1.54, 1.807) is 17.8 Å². The lowest BCUT2D eigenvalue weighted by molar-refractivity contribution is -0.145. The third-order valence-electron chi connectivity index (χ3n) is 6.49. The maximum absolute atomic E-state index is 12.4. The van der Waals surface area contributed by atoms with Crippen LogP contribution >= 0.6 is 0 Å². The standard InChI is InChI=1S/C23H30N4O5/c1-14-19(32-16-6-4-5-15(11-16)22(29)30)8-7-17(24-14)21-18(27(3)26-25-21)12-20(28)31-13-23(2)9-10-23/h7-8,15-16H,4-6,9-13H2,1-3H3,(H,29,30)/t15-,16-/m0/s1. The summed E-state index contributed by atoms with van der Waals surface area (Å²) in [4.78, 5) is 28.3. The van der Waals surface area contributed by atoms with Crippen molar-refractivity contribution in [2.45, 2.75) is 64.9 Å². The van der Waals surface area contributed by atoms with Crippen LogP contribution in [0.25, 0.3) is 11.4 Å². The molecular weight excluding hydrogens is 412 g/mol. The fourth-order valence-corrected chi connectivity index (χ4v) is 4.03. The van der Waals surface area contributed by atoms with Crippen LogP contribution < -0.4 is 4.74 Å². The Morgan fingerprint density at radius 3 is 2.75 bits per heavy atom. The van der Waals surface area contributed by atoms with Gasteiger partial charge in [0.05, 0.1) is 42.1 Å². The average Bonchev–Trinajstić information content (AvgIpc) is 3.40. The molecule has 2 saturated carbocycles. The SMILES string of the molecule is Cc1nc(-c2nnn(C)c2CC(=O)OCC2(C)CC2)ccc1O[C@H]1CCC[C@H](C(=O)O)C1. The molecule has 0 unspecified atom stereocenters. The number of aryl methyl sites for hydroxylation is 2. The maximum Gasteiger partial charge on any atom is 0.311 e. The largest absolute Gasteiger partial charge is 0.489 e. The third-order valence-corrected chi connectivity index (χ3v) is 6.49. The number of pyridine rings is 1. The van der Waals surface area contributed by atoms with Crippen LogP contribution in [0.3, 0.4) is 0 Å². The number of nitrogens with zero attached hydrogens (tertiary/aromatic N) is 4. The minimum absolute atomic E-state index is 0.0759. The molecule has 2 aliphatic rings. The summed E-state index contributed by atoms with van der Waals surface area (Å²) < 4.78 is 13.1. The lowest BCUT2D eigenvalue weighted by Crippen LogP contribution is -2.29. The van der Waals surface area contributed by atoms with Gasteiger partial charge in [-0.05, 0) is 57.6 Å². The summed E-state index contributed by atoms with van der Waals surface area (Å²) in [7, 11) is 1.74. The average molecular weight is 443 g/mol. The maximum atomic E-state index is 12.4. The van der Waals surface area contributed by atoms with E-state index in [4.69, 9.17) is 9.47 Å². The van der Waals surface area contributed by atoms with Gasteiger partial charge in [-0.1, -0.05) is 12.1 Å². The van der Waals surface area contributed by atoms with Crippen LogP contribution in [0.15, 0.2) is 12.1 Å². The van der Waals surface area contributed by atoms with Gasteiger partial charge in [-0.25, -0.2) is 4.98 Å². The molecule has 2 fully saturated rings. The first-order valence-corrected chi connectivity index (χ1v) is 11.2. The van der Waals surface area contributed by atoms with Gasteiger partial charge in [0.1, 0.15) is 11.4 Å². The minimum Gasteiger partial charge on any atom is -0.489 e. The number of carboxylic acids is 1. The van der Waals surface area contributed by atoms with Gasteiger partial charge in [0.25, 0.3) is 0 Å². The van der Waals surface area contributed by atoms with Crippen molar-refractivity contribution in [3.05, 3.63) is 23.5 Å². The summed E-state index contributed by atoms with van der Waals surface area (Å²) >= 11 is 0. The van der Waals surface area contributed by atoms with Crippen molar-refractivity contribution in [3.63, 3.8) is 0 Å². The molecule has 0 aliphatic heterocycles. The number of ether oxygens (including phenoxy) is 2. The number of carbonyl (C=O) groups excluding carboxylic acids is 1. The third kappa shape index (κ3) is 5.08. The highest BCUT2D eigenvalue weighted by atomic mass is 16.5. The van der Waals surface area contributed by atoms with E-state index in [0.29, 0.717) is 48.0 Å². The Morgan fingerprint density at radius 1 is 1.28 bits per heavy atom. The monoisotopic (exact) mass is 442 g/mol. The zero-order valence-electron chi connectivity index (χ0n) is 18.8. The second kappa shape index (κ2) is 8.88. The molecular formula is C23H30N4O5. The molecule has 9 heteroatoms. The summed E-state index contributed by atoms with van der Waals surface area (Å²) in [5.41, 5.74) is 2.61. The number of esters is 1. The molecule has 0 aromatic carbocycles. The van der Waals surface area contributed by atoms with Crippen molar-refractivity contribution in [1.82, 2.24) is 20.0 Å². The molecule has 0 saturated heterocycles. The second-order valence-electron chi connectivity index (χ2n) is 9.38. The number of carboxylic acid groups (broad SMARTS) is 1. The molecule has 0 spiro atoms. The summed E-state index contributed by atoms with van der Waals surface area (Å²) in [6, 6.07) is 3.62. The van der Waals surface area contributed by atoms with Crippen molar-refractivity contribution < 1.29 is 24.2 Å². The lowest BCUT2D eigenvalue weighted by atomic mass is 9.87. The molecule has 2 aromatic heterocycles. The van der Waals surface area contributed by atoms with Gasteiger partial charge in [0.2, 0.25) is 0 Å². The van der Waals surface area contributed by atoms with Gasteiger partial charge in [0.15, 0.2) is 0 Å². The molecule has 2 atom stereocenters. The summed E-state index contributed by atoms with van der Waals surface area (Å²) in [5.74, 6) is -0.784. The van der Waals surface area contributed by atoms with Gasteiger partial charge < -0.3 is 14.6 Å². The van der Waals surface area contributed by atoms with Gasteiger partial charge in [-0.3, -0.25) is 14.3 Å². The van der Waals surface area contributed by atoms with Crippen LogP contribution in [0.2, 0.25) is 0 Å². The second-order valence-corrected chi connectivity index (χ2v) is 9.38. The molecule has 2 aromatic rings. The van der Waals surface area contributed by atoms with Crippen molar-refractivity contribution in [3.8, 4) is 17.1 Å². The molecule has 0 radical (unpaired) electrons. The van der Waals surface area contributed by atoms with Crippen LogP contribution in [0.1, 0.15) is 56.8 Å². The first-order valence-electron chi connectivity index (χ1n) is 11.2. The van der Waals surface area contributed by atoms with E-state index < -0.39 is 5.97 Å². The summed E-state index contributed by atoms with van der Waals surface area (Å²) in [6.07, 6.45) is 5.00. The Bertz CT molecular complexity index is 1010. The fraction of sp³-hybridized carbons (Fsp3) is 0.609. The summed E-state index contributed by atoms with van der Waals surface area (Å²) in [5, 5.41) is 17.6. The smallest absolute Gasteiger partial charge is 0.311 e. The highest BCUT2D eigenvalue weighted by Gasteiger charge is 2.38. The molecule has 0 amide bonds. The van der Waals surface area contributed by atoms with Crippen LogP contribution in [-0.2, 0) is 27.8 Å². The first kappa shape index (κ1) is 22.2. The molecule has 32 heavy (non-hydrogen) atoms. The van der Waals surface area contributed by atoms with Crippen molar-refractivity contribution >= 4 is 11.9 Å². The number of carbonyl (C=O) groups is 2. The topological polar surface area (TPSA) is 116 Å². The number of aliphatic carboxylic acids is 1. The molecule has 172 valence electrons. The number of aromatic nitrogens is 4. The zero-order valence-corrected chi connectivity index (χ0v) is 18.8. The molecule has 2 aliphatic carbocycles.